The molecule has 112 valence electrons. The van der Waals surface area contributed by atoms with E-state index in [0.717, 1.165) is 28.4 Å². The second-order valence-electron chi connectivity index (χ2n) is 4.72. The minimum atomic E-state index is -3.45. The molecule has 2 rings (SSSR count). The number of thioether (sulfide) groups is 2. The van der Waals surface area contributed by atoms with Crippen LogP contribution in [0.4, 0.5) is 0 Å². The van der Waals surface area contributed by atoms with E-state index in [1.54, 1.807) is 13.0 Å². The van der Waals surface area contributed by atoms with Gasteiger partial charge < -0.3 is 5.73 Å². The minimum Gasteiger partial charge on any atom is -0.326 e. The van der Waals surface area contributed by atoms with Gasteiger partial charge in [0.2, 0.25) is 10.0 Å². The molecule has 0 radical (unpaired) electrons. The van der Waals surface area contributed by atoms with Gasteiger partial charge in [0, 0.05) is 35.6 Å². The van der Waals surface area contributed by atoms with E-state index in [-0.39, 0.29) is 0 Å². The number of aryl methyl sites for hydroxylation is 1. The molecule has 1 aliphatic rings. The zero-order valence-corrected chi connectivity index (χ0v) is 13.9. The van der Waals surface area contributed by atoms with Crippen LogP contribution in [0, 0.1) is 6.92 Å². The summed E-state index contributed by atoms with van der Waals surface area (Å²) in [7, 11) is -3.45. The first kappa shape index (κ1) is 16.2. The summed E-state index contributed by atoms with van der Waals surface area (Å²) in [4.78, 5) is 0.342. The standard InChI is InChI=1S/C13H20N2O2S3/c1-10-2-3-11(7-14)6-13(10)20(16,17)15-8-12-9-18-4-5-19-12/h2-3,6,12,15H,4-5,7-9,14H2,1H3. The van der Waals surface area contributed by atoms with Crippen molar-refractivity contribution in [3.63, 3.8) is 0 Å². The van der Waals surface area contributed by atoms with Crippen molar-refractivity contribution >= 4 is 33.5 Å². The van der Waals surface area contributed by atoms with Crippen molar-refractivity contribution in [2.45, 2.75) is 23.6 Å². The van der Waals surface area contributed by atoms with Crippen LogP contribution in [0.5, 0.6) is 0 Å². The average Bonchev–Trinajstić information content (AvgIpc) is 2.47. The van der Waals surface area contributed by atoms with Crippen LogP contribution in [0.25, 0.3) is 0 Å². The lowest BCUT2D eigenvalue weighted by atomic mass is 10.1. The van der Waals surface area contributed by atoms with Gasteiger partial charge in [-0.15, -0.1) is 0 Å². The summed E-state index contributed by atoms with van der Waals surface area (Å²) >= 11 is 3.73. The van der Waals surface area contributed by atoms with Gasteiger partial charge in [0.05, 0.1) is 4.90 Å². The van der Waals surface area contributed by atoms with Gasteiger partial charge >= 0.3 is 0 Å². The summed E-state index contributed by atoms with van der Waals surface area (Å²) in [5.74, 6) is 3.26. The number of hydrogen-bond acceptors (Lipinski definition) is 5. The lowest BCUT2D eigenvalue weighted by Gasteiger charge is -2.21. The van der Waals surface area contributed by atoms with Crippen molar-refractivity contribution in [3.05, 3.63) is 29.3 Å². The lowest BCUT2D eigenvalue weighted by Crippen LogP contribution is -2.33. The van der Waals surface area contributed by atoms with Crippen molar-refractivity contribution in [2.75, 3.05) is 23.8 Å². The number of rotatable bonds is 5. The summed E-state index contributed by atoms with van der Waals surface area (Å²) < 4.78 is 27.5. The van der Waals surface area contributed by atoms with Crippen LogP contribution < -0.4 is 10.5 Å². The van der Waals surface area contributed by atoms with Gasteiger partial charge in [-0.1, -0.05) is 12.1 Å². The third kappa shape index (κ3) is 4.14. The van der Waals surface area contributed by atoms with Crippen LogP contribution in [0.2, 0.25) is 0 Å². The number of nitrogens with two attached hydrogens (primary N) is 1. The molecular weight excluding hydrogens is 312 g/mol. The SMILES string of the molecule is Cc1ccc(CN)cc1S(=O)(=O)NCC1CSCCS1. The molecule has 4 nitrogen and oxygen atoms in total. The second-order valence-corrected chi connectivity index (χ2v) is 9.02. The topological polar surface area (TPSA) is 72.2 Å². The van der Waals surface area contributed by atoms with Crippen molar-refractivity contribution in [1.29, 1.82) is 0 Å². The molecule has 0 amide bonds. The van der Waals surface area contributed by atoms with Crippen LogP contribution in [0.15, 0.2) is 23.1 Å². The molecule has 1 aliphatic heterocycles. The Bertz CT molecular complexity index is 555. The Balaban J connectivity index is 2.09. The van der Waals surface area contributed by atoms with Gasteiger partial charge in [-0.05, 0) is 24.1 Å². The zero-order valence-electron chi connectivity index (χ0n) is 11.5. The molecule has 0 aliphatic carbocycles. The van der Waals surface area contributed by atoms with Gasteiger partial charge in [0.15, 0.2) is 0 Å². The van der Waals surface area contributed by atoms with Gasteiger partial charge in [-0.3, -0.25) is 0 Å². The normalized spacial score (nSPS) is 20.0. The zero-order chi connectivity index (χ0) is 14.6. The van der Waals surface area contributed by atoms with E-state index in [1.165, 1.54) is 0 Å². The predicted octanol–water partition coefficient (Wildman–Crippen LogP) is 1.58. The highest BCUT2D eigenvalue weighted by molar-refractivity contribution is 8.06. The summed E-state index contributed by atoms with van der Waals surface area (Å²) in [6.07, 6.45) is 0. The Morgan fingerprint density at radius 2 is 2.20 bits per heavy atom. The molecule has 0 spiro atoms. The molecule has 7 heteroatoms. The quantitative estimate of drug-likeness (QED) is 0.856. The fourth-order valence-corrected chi connectivity index (χ4v) is 6.09. The van der Waals surface area contributed by atoms with E-state index in [0.29, 0.717) is 23.2 Å². The molecule has 1 saturated heterocycles. The highest BCUT2D eigenvalue weighted by Gasteiger charge is 2.21. The highest BCUT2D eigenvalue weighted by Crippen LogP contribution is 2.24. The van der Waals surface area contributed by atoms with Gasteiger partial charge in [-0.25, -0.2) is 13.1 Å². The van der Waals surface area contributed by atoms with E-state index in [4.69, 9.17) is 5.73 Å². The average molecular weight is 333 g/mol. The molecule has 0 saturated carbocycles. The maximum absolute atomic E-state index is 12.4. The Labute approximate surface area is 129 Å². The van der Waals surface area contributed by atoms with E-state index in [1.807, 2.05) is 35.7 Å². The fraction of sp³-hybridized carbons (Fsp3) is 0.538. The first-order valence-corrected chi connectivity index (χ1v) is 10.2. The van der Waals surface area contributed by atoms with Crippen molar-refractivity contribution in [2.24, 2.45) is 5.73 Å². The van der Waals surface area contributed by atoms with Gasteiger partial charge in [-0.2, -0.15) is 23.5 Å². The van der Waals surface area contributed by atoms with Crippen LogP contribution >= 0.6 is 23.5 Å². The monoisotopic (exact) mass is 332 g/mol. The predicted molar refractivity (Wildman–Crippen MR) is 87.8 cm³/mol. The molecule has 0 bridgehead atoms. The molecule has 3 N–H and O–H groups in total. The van der Waals surface area contributed by atoms with Gasteiger partial charge in [0.1, 0.15) is 0 Å². The summed E-state index contributed by atoms with van der Waals surface area (Å²) in [6, 6.07) is 5.34. The lowest BCUT2D eigenvalue weighted by molar-refractivity contribution is 0.581. The molecule has 1 heterocycles. The second kappa shape index (κ2) is 7.17. The highest BCUT2D eigenvalue weighted by atomic mass is 32.2. The molecule has 1 aromatic rings. The molecule has 20 heavy (non-hydrogen) atoms. The third-order valence-corrected chi connectivity index (χ3v) is 7.57. The fourth-order valence-electron chi connectivity index (χ4n) is 2.00. The maximum atomic E-state index is 12.4. The van der Waals surface area contributed by atoms with Crippen molar-refractivity contribution in [1.82, 2.24) is 4.72 Å². The van der Waals surface area contributed by atoms with Crippen LogP contribution in [-0.2, 0) is 16.6 Å². The summed E-state index contributed by atoms with van der Waals surface area (Å²) in [5.41, 5.74) is 7.16. The Morgan fingerprint density at radius 3 is 2.85 bits per heavy atom. The maximum Gasteiger partial charge on any atom is 0.240 e. The van der Waals surface area contributed by atoms with E-state index >= 15 is 0 Å². The first-order chi connectivity index (χ1) is 9.53. The van der Waals surface area contributed by atoms with E-state index in [9.17, 15) is 8.42 Å². The number of benzene rings is 1. The Morgan fingerprint density at radius 1 is 1.40 bits per heavy atom. The number of hydrogen-bond donors (Lipinski definition) is 2. The Kier molecular flexibility index (Phi) is 5.80. The minimum absolute atomic E-state index is 0.342. The molecule has 1 fully saturated rings. The van der Waals surface area contributed by atoms with Crippen molar-refractivity contribution < 1.29 is 8.42 Å². The van der Waals surface area contributed by atoms with E-state index < -0.39 is 10.0 Å². The summed E-state index contributed by atoms with van der Waals surface area (Å²) in [5, 5.41) is 0.363. The molecule has 1 unspecified atom stereocenters. The molecule has 1 aromatic carbocycles. The molecule has 1 atom stereocenters. The Hall–Kier alpha value is -0.210. The van der Waals surface area contributed by atoms with Gasteiger partial charge in [0.25, 0.3) is 0 Å². The molecular formula is C13H20N2O2S3. The number of nitrogens with one attached hydrogen (secondary N) is 1. The van der Waals surface area contributed by atoms with E-state index in [2.05, 4.69) is 4.72 Å². The molecule has 0 aromatic heterocycles. The largest absolute Gasteiger partial charge is 0.326 e. The smallest absolute Gasteiger partial charge is 0.240 e. The first-order valence-electron chi connectivity index (χ1n) is 6.51. The number of sulfonamides is 1. The summed E-state index contributed by atoms with van der Waals surface area (Å²) in [6.45, 7) is 2.64. The third-order valence-electron chi connectivity index (χ3n) is 3.16. The van der Waals surface area contributed by atoms with Crippen LogP contribution in [0.1, 0.15) is 11.1 Å². The van der Waals surface area contributed by atoms with Crippen LogP contribution in [-0.4, -0.2) is 37.5 Å². The van der Waals surface area contributed by atoms with Crippen molar-refractivity contribution in [3.8, 4) is 0 Å². The van der Waals surface area contributed by atoms with Crippen LogP contribution in [0.3, 0.4) is 0 Å².